The average molecular weight is 232 g/mol. The summed E-state index contributed by atoms with van der Waals surface area (Å²) in [6.45, 7) is 0.694. The van der Waals surface area contributed by atoms with E-state index in [4.69, 9.17) is 10.5 Å². The van der Waals surface area contributed by atoms with Crippen LogP contribution in [0.4, 0.5) is 0 Å². The Morgan fingerprint density at radius 3 is 3.24 bits per heavy atom. The second kappa shape index (κ2) is 4.33. The highest BCUT2D eigenvalue weighted by Crippen LogP contribution is 2.28. The topological polar surface area (TPSA) is 65.4 Å². The fourth-order valence-corrected chi connectivity index (χ4v) is 2.44. The molecule has 0 radical (unpaired) electrons. The van der Waals surface area contributed by atoms with Gasteiger partial charge >= 0.3 is 0 Å². The molecule has 5 nitrogen and oxygen atoms in total. The average Bonchev–Trinajstić information content (AvgIpc) is 2.96. The number of ether oxygens (including phenoxy) is 1. The quantitative estimate of drug-likeness (QED) is 0.864. The Hall–Kier alpha value is -1.62. The first-order chi connectivity index (χ1) is 8.36. The lowest BCUT2D eigenvalue weighted by atomic mass is 10.1. The molecule has 1 fully saturated rings. The lowest BCUT2D eigenvalue weighted by molar-refractivity contribution is 0.156. The Kier molecular flexibility index (Phi) is 2.68. The summed E-state index contributed by atoms with van der Waals surface area (Å²) in [5.41, 5.74) is 6.55. The number of aromatic nitrogens is 3. The van der Waals surface area contributed by atoms with Crippen molar-refractivity contribution < 1.29 is 4.74 Å². The molecule has 2 N–H and O–H groups in total. The van der Waals surface area contributed by atoms with Crippen LogP contribution in [0.5, 0.6) is 5.88 Å². The van der Waals surface area contributed by atoms with Crippen molar-refractivity contribution >= 4 is 5.65 Å². The molecule has 2 unspecified atom stereocenters. The van der Waals surface area contributed by atoms with Crippen LogP contribution in [0.25, 0.3) is 5.65 Å². The molecule has 1 aliphatic carbocycles. The van der Waals surface area contributed by atoms with Crippen LogP contribution < -0.4 is 10.5 Å². The molecule has 1 aliphatic rings. The van der Waals surface area contributed by atoms with Crippen LogP contribution in [0.3, 0.4) is 0 Å². The van der Waals surface area contributed by atoms with Crippen molar-refractivity contribution in [2.24, 2.45) is 11.7 Å². The zero-order valence-corrected chi connectivity index (χ0v) is 9.62. The molecule has 90 valence electrons. The minimum Gasteiger partial charge on any atom is -0.474 e. The number of fused-ring (bicyclic) bond motifs is 1. The highest BCUT2D eigenvalue weighted by atomic mass is 16.5. The summed E-state index contributed by atoms with van der Waals surface area (Å²) in [5.74, 6) is 1.14. The molecule has 0 aliphatic heterocycles. The molecule has 0 bridgehead atoms. The predicted octanol–water partition coefficient (Wildman–Crippen LogP) is 1.24. The third-order valence-electron chi connectivity index (χ3n) is 3.40. The van der Waals surface area contributed by atoms with Gasteiger partial charge in [0.05, 0.1) is 6.20 Å². The van der Waals surface area contributed by atoms with Gasteiger partial charge in [-0.1, -0.05) is 0 Å². The monoisotopic (exact) mass is 232 g/mol. The Balaban J connectivity index is 1.79. The van der Waals surface area contributed by atoms with Crippen molar-refractivity contribution in [1.82, 2.24) is 14.6 Å². The van der Waals surface area contributed by atoms with Gasteiger partial charge < -0.3 is 10.5 Å². The third kappa shape index (κ3) is 1.98. The lowest BCUT2D eigenvalue weighted by Crippen LogP contribution is -2.27. The third-order valence-corrected chi connectivity index (χ3v) is 3.40. The van der Waals surface area contributed by atoms with E-state index in [0.29, 0.717) is 18.3 Å². The molecular formula is C12H16N4O. The van der Waals surface area contributed by atoms with E-state index in [9.17, 15) is 0 Å². The van der Waals surface area contributed by atoms with Gasteiger partial charge in [0, 0.05) is 24.2 Å². The van der Waals surface area contributed by atoms with E-state index in [1.165, 1.54) is 6.42 Å². The van der Waals surface area contributed by atoms with Gasteiger partial charge in [0.1, 0.15) is 6.10 Å². The van der Waals surface area contributed by atoms with E-state index in [2.05, 4.69) is 10.1 Å². The molecule has 2 heterocycles. The van der Waals surface area contributed by atoms with E-state index in [1.54, 1.807) is 10.7 Å². The molecule has 2 atom stereocenters. The molecule has 0 saturated heterocycles. The Morgan fingerprint density at radius 2 is 2.35 bits per heavy atom. The maximum absolute atomic E-state index is 5.92. The largest absolute Gasteiger partial charge is 0.474 e. The minimum atomic E-state index is 0.220. The van der Waals surface area contributed by atoms with Crippen LogP contribution in [-0.2, 0) is 0 Å². The summed E-state index contributed by atoms with van der Waals surface area (Å²) >= 11 is 0. The smallest absolute Gasteiger partial charge is 0.217 e. The maximum Gasteiger partial charge on any atom is 0.217 e. The fourth-order valence-electron chi connectivity index (χ4n) is 2.44. The summed E-state index contributed by atoms with van der Waals surface area (Å²) in [5, 5.41) is 4.10. The number of rotatable bonds is 3. The fraction of sp³-hybridized carbons (Fsp3) is 0.500. The summed E-state index contributed by atoms with van der Waals surface area (Å²) in [6.07, 6.45) is 7.25. The van der Waals surface area contributed by atoms with Gasteiger partial charge in [-0.2, -0.15) is 10.1 Å². The minimum absolute atomic E-state index is 0.220. The van der Waals surface area contributed by atoms with Gasteiger partial charge in [-0.15, -0.1) is 0 Å². The summed E-state index contributed by atoms with van der Waals surface area (Å²) < 4.78 is 7.65. The Labute approximate surface area is 99.6 Å². The van der Waals surface area contributed by atoms with Crippen molar-refractivity contribution in [1.29, 1.82) is 0 Å². The number of hydrogen-bond donors (Lipinski definition) is 1. The van der Waals surface area contributed by atoms with Crippen molar-refractivity contribution in [3.05, 3.63) is 24.5 Å². The van der Waals surface area contributed by atoms with Crippen LogP contribution in [0.1, 0.15) is 19.3 Å². The van der Waals surface area contributed by atoms with E-state index < -0.39 is 0 Å². The normalized spacial score (nSPS) is 24.3. The first-order valence-corrected chi connectivity index (χ1v) is 6.04. The first-order valence-electron chi connectivity index (χ1n) is 6.04. The standard InChI is InChI=1S/C12H16N4O/c13-8-9-2-1-3-10(9)17-12-5-7-16-11(15-12)4-6-14-16/h4-7,9-10H,1-3,8,13H2. The summed E-state index contributed by atoms with van der Waals surface area (Å²) in [7, 11) is 0. The van der Waals surface area contributed by atoms with E-state index in [-0.39, 0.29) is 6.10 Å². The van der Waals surface area contributed by atoms with Crippen molar-refractivity contribution in [3.63, 3.8) is 0 Å². The second-order valence-electron chi connectivity index (χ2n) is 4.48. The molecule has 0 aromatic carbocycles. The molecule has 2 aromatic heterocycles. The second-order valence-corrected chi connectivity index (χ2v) is 4.48. The van der Waals surface area contributed by atoms with Gasteiger partial charge in [-0.3, -0.25) is 0 Å². The van der Waals surface area contributed by atoms with Gasteiger partial charge in [0.25, 0.3) is 0 Å². The molecule has 0 spiro atoms. The van der Waals surface area contributed by atoms with E-state index in [1.807, 2.05) is 18.3 Å². The van der Waals surface area contributed by atoms with Crippen LogP contribution >= 0.6 is 0 Å². The summed E-state index contributed by atoms with van der Waals surface area (Å²) in [4.78, 5) is 4.40. The molecular weight excluding hydrogens is 216 g/mol. The van der Waals surface area contributed by atoms with Gasteiger partial charge in [0.15, 0.2) is 5.65 Å². The van der Waals surface area contributed by atoms with Crippen molar-refractivity contribution in [3.8, 4) is 5.88 Å². The van der Waals surface area contributed by atoms with Gasteiger partial charge in [-0.05, 0) is 25.8 Å². The number of nitrogens with two attached hydrogens (primary N) is 1. The molecule has 0 amide bonds. The Bertz CT molecular complexity index is 510. The van der Waals surface area contributed by atoms with Crippen LogP contribution in [0, 0.1) is 5.92 Å². The van der Waals surface area contributed by atoms with E-state index >= 15 is 0 Å². The maximum atomic E-state index is 5.92. The highest BCUT2D eigenvalue weighted by molar-refractivity contribution is 5.37. The van der Waals surface area contributed by atoms with Crippen molar-refractivity contribution in [2.75, 3.05) is 6.54 Å². The number of nitrogens with zero attached hydrogens (tertiary/aromatic N) is 3. The van der Waals surface area contributed by atoms with Gasteiger partial charge in [0.2, 0.25) is 5.88 Å². The van der Waals surface area contributed by atoms with Crippen LogP contribution in [0.15, 0.2) is 24.5 Å². The SMILES string of the molecule is NCC1CCCC1Oc1ccn2nccc2n1. The lowest BCUT2D eigenvalue weighted by Gasteiger charge is -2.18. The number of hydrogen-bond acceptors (Lipinski definition) is 4. The molecule has 5 heteroatoms. The zero-order chi connectivity index (χ0) is 11.7. The van der Waals surface area contributed by atoms with Crippen LogP contribution in [-0.4, -0.2) is 27.2 Å². The first kappa shape index (κ1) is 10.5. The highest BCUT2D eigenvalue weighted by Gasteiger charge is 2.28. The molecule has 1 saturated carbocycles. The van der Waals surface area contributed by atoms with Gasteiger partial charge in [-0.25, -0.2) is 4.52 Å². The molecule has 3 rings (SSSR count). The summed E-state index contributed by atoms with van der Waals surface area (Å²) in [6, 6.07) is 3.72. The van der Waals surface area contributed by atoms with Crippen LogP contribution in [0.2, 0.25) is 0 Å². The molecule has 17 heavy (non-hydrogen) atoms. The molecule has 2 aromatic rings. The Morgan fingerprint density at radius 1 is 1.41 bits per heavy atom. The zero-order valence-electron chi connectivity index (χ0n) is 9.62. The van der Waals surface area contributed by atoms with Crippen molar-refractivity contribution in [2.45, 2.75) is 25.4 Å². The van der Waals surface area contributed by atoms with E-state index in [0.717, 1.165) is 18.5 Å². The predicted molar refractivity (Wildman–Crippen MR) is 63.8 cm³/mol.